The molecule has 0 aliphatic heterocycles. The van der Waals surface area contributed by atoms with Crippen LogP contribution in [0.2, 0.25) is 5.02 Å². The monoisotopic (exact) mass is 256 g/mol. The standard InChI is InChI=1S/C13H17ClO3/c1-4-17-12(15)8-6-10-5-7-11(16-3)13(14)9(10)2/h5,7H,4,6,8H2,1-3H3. The van der Waals surface area contributed by atoms with E-state index in [1.807, 2.05) is 19.1 Å². The molecule has 0 atom stereocenters. The van der Waals surface area contributed by atoms with Crippen LogP contribution in [0, 0.1) is 6.92 Å². The summed E-state index contributed by atoms with van der Waals surface area (Å²) in [5.41, 5.74) is 2.00. The number of hydrogen-bond acceptors (Lipinski definition) is 3. The third-order valence-corrected chi connectivity index (χ3v) is 3.06. The third kappa shape index (κ3) is 3.63. The van der Waals surface area contributed by atoms with Gasteiger partial charge in [-0.2, -0.15) is 0 Å². The van der Waals surface area contributed by atoms with Crippen LogP contribution in [0.3, 0.4) is 0 Å². The molecule has 0 saturated heterocycles. The second-order valence-electron chi connectivity index (χ2n) is 3.67. The summed E-state index contributed by atoms with van der Waals surface area (Å²) >= 11 is 6.13. The minimum absolute atomic E-state index is 0.182. The predicted molar refractivity (Wildman–Crippen MR) is 67.7 cm³/mol. The summed E-state index contributed by atoms with van der Waals surface area (Å²) in [4.78, 5) is 11.3. The zero-order chi connectivity index (χ0) is 12.8. The van der Waals surface area contributed by atoms with Gasteiger partial charge in [0.2, 0.25) is 0 Å². The fraction of sp³-hybridized carbons (Fsp3) is 0.462. The molecule has 4 heteroatoms. The fourth-order valence-electron chi connectivity index (χ4n) is 1.60. The summed E-state index contributed by atoms with van der Waals surface area (Å²) in [6, 6.07) is 3.75. The van der Waals surface area contributed by atoms with E-state index in [4.69, 9.17) is 21.1 Å². The van der Waals surface area contributed by atoms with Crippen LogP contribution in [0.4, 0.5) is 0 Å². The summed E-state index contributed by atoms with van der Waals surface area (Å²) in [6.07, 6.45) is 1.01. The maximum Gasteiger partial charge on any atom is 0.306 e. The van der Waals surface area contributed by atoms with Gasteiger partial charge in [0.05, 0.1) is 18.7 Å². The highest BCUT2D eigenvalue weighted by molar-refractivity contribution is 6.32. The summed E-state index contributed by atoms with van der Waals surface area (Å²) in [5.74, 6) is 0.475. The average molecular weight is 257 g/mol. The van der Waals surface area contributed by atoms with Gasteiger partial charge in [-0.25, -0.2) is 0 Å². The van der Waals surface area contributed by atoms with Gasteiger partial charge < -0.3 is 9.47 Å². The van der Waals surface area contributed by atoms with Crippen molar-refractivity contribution in [3.63, 3.8) is 0 Å². The molecule has 94 valence electrons. The normalized spacial score (nSPS) is 10.1. The second-order valence-corrected chi connectivity index (χ2v) is 4.05. The molecule has 0 unspecified atom stereocenters. The van der Waals surface area contributed by atoms with E-state index in [1.54, 1.807) is 14.0 Å². The van der Waals surface area contributed by atoms with Gasteiger partial charge in [0.1, 0.15) is 5.75 Å². The number of methoxy groups -OCH3 is 1. The molecule has 0 radical (unpaired) electrons. The molecule has 0 aliphatic rings. The average Bonchev–Trinajstić information content (AvgIpc) is 2.31. The van der Waals surface area contributed by atoms with Crippen LogP contribution in [0.15, 0.2) is 12.1 Å². The lowest BCUT2D eigenvalue weighted by Crippen LogP contribution is -2.06. The lowest BCUT2D eigenvalue weighted by atomic mass is 10.0. The van der Waals surface area contributed by atoms with Crippen molar-refractivity contribution < 1.29 is 14.3 Å². The van der Waals surface area contributed by atoms with E-state index in [9.17, 15) is 4.79 Å². The first-order valence-corrected chi connectivity index (χ1v) is 5.95. The highest BCUT2D eigenvalue weighted by Gasteiger charge is 2.10. The lowest BCUT2D eigenvalue weighted by Gasteiger charge is -2.10. The van der Waals surface area contributed by atoms with E-state index < -0.39 is 0 Å². The van der Waals surface area contributed by atoms with E-state index in [1.165, 1.54) is 0 Å². The second kappa shape index (κ2) is 6.50. The predicted octanol–water partition coefficient (Wildman–Crippen LogP) is 3.15. The zero-order valence-electron chi connectivity index (χ0n) is 10.4. The van der Waals surface area contributed by atoms with Gasteiger partial charge in [-0.15, -0.1) is 0 Å². The molecule has 0 aromatic heterocycles. The van der Waals surface area contributed by atoms with Gasteiger partial charge in [-0.05, 0) is 37.5 Å². The maximum absolute atomic E-state index is 11.3. The Morgan fingerprint density at radius 2 is 2.12 bits per heavy atom. The maximum atomic E-state index is 11.3. The number of carbonyl (C=O) groups excluding carboxylic acids is 1. The Kier molecular flexibility index (Phi) is 5.29. The number of aryl methyl sites for hydroxylation is 1. The van der Waals surface area contributed by atoms with Crippen LogP contribution in [0.1, 0.15) is 24.5 Å². The van der Waals surface area contributed by atoms with E-state index >= 15 is 0 Å². The smallest absolute Gasteiger partial charge is 0.306 e. The number of ether oxygens (including phenoxy) is 2. The molecule has 0 heterocycles. The van der Waals surface area contributed by atoms with E-state index in [0.29, 0.717) is 30.2 Å². The van der Waals surface area contributed by atoms with Gasteiger partial charge in [0.15, 0.2) is 0 Å². The van der Waals surface area contributed by atoms with Crippen molar-refractivity contribution in [2.45, 2.75) is 26.7 Å². The molecular formula is C13H17ClO3. The minimum atomic E-state index is -0.182. The van der Waals surface area contributed by atoms with Crippen LogP contribution in [-0.4, -0.2) is 19.7 Å². The van der Waals surface area contributed by atoms with Crippen molar-refractivity contribution in [2.24, 2.45) is 0 Å². The van der Waals surface area contributed by atoms with Crippen molar-refractivity contribution in [3.05, 3.63) is 28.3 Å². The Morgan fingerprint density at radius 1 is 1.41 bits per heavy atom. The van der Waals surface area contributed by atoms with Crippen LogP contribution < -0.4 is 4.74 Å². The summed E-state index contributed by atoms with van der Waals surface area (Å²) in [6.45, 7) is 4.14. The first-order valence-electron chi connectivity index (χ1n) is 5.57. The number of esters is 1. The highest BCUT2D eigenvalue weighted by atomic mass is 35.5. The molecular weight excluding hydrogens is 240 g/mol. The molecule has 1 aromatic rings. The van der Waals surface area contributed by atoms with Crippen LogP contribution in [0.5, 0.6) is 5.75 Å². The molecule has 1 aromatic carbocycles. The van der Waals surface area contributed by atoms with Crippen molar-refractivity contribution in [1.29, 1.82) is 0 Å². The van der Waals surface area contributed by atoms with Crippen molar-refractivity contribution in [3.8, 4) is 5.75 Å². The Labute approximate surface area is 107 Å². The first kappa shape index (κ1) is 13.8. The van der Waals surface area contributed by atoms with E-state index in [-0.39, 0.29) is 5.97 Å². The molecule has 3 nitrogen and oxygen atoms in total. The quantitative estimate of drug-likeness (QED) is 0.759. The fourth-order valence-corrected chi connectivity index (χ4v) is 1.86. The number of benzene rings is 1. The first-order chi connectivity index (χ1) is 8.10. The third-order valence-electron chi connectivity index (χ3n) is 2.59. The Hall–Kier alpha value is -1.22. The van der Waals surface area contributed by atoms with Gasteiger partial charge in [-0.3, -0.25) is 4.79 Å². The largest absolute Gasteiger partial charge is 0.495 e. The molecule has 0 fully saturated rings. The van der Waals surface area contributed by atoms with Gasteiger partial charge >= 0.3 is 5.97 Å². The van der Waals surface area contributed by atoms with Crippen LogP contribution in [0.25, 0.3) is 0 Å². The molecule has 0 spiro atoms. The Bertz CT molecular complexity index is 402. The summed E-state index contributed by atoms with van der Waals surface area (Å²) < 4.78 is 10.0. The number of rotatable bonds is 5. The van der Waals surface area contributed by atoms with Gasteiger partial charge in [-0.1, -0.05) is 17.7 Å². The topological polar surface area (TPSA) is 35.5 Å². The molecule has 0 amide bonds. The molecule has 17 heavy (non-hydrogen) atoms. The Balaban J connectivity index is 2.73. The molecule has 1 rings (SSSR count). The van der Waals surface area contributed by atoms with Crippen LogP contribution in [-0.2, 0) is 16.0 Å². The SMILES string of the molecule is CCOC(=O)CCc1ccc(OC)c(Cl)c1C. The number of halogens is 1. The molecule has 0 bridgehead atoms. The highest BCUT2D eigenvalue weighted by Crippen LogP contribution is 2.30. The lowest BCUT2D eigenvalue weighted by molar-refractivity contribution is -0.143. The minimum Gasteiger partial charge on any atom is -0.495 e. The van der Waals surface area contributed by atoms with Gasteiger partial charge in [0, 0.05) is 6.42 Å². The zero-order valence-corrected chi connectivity index (χ0v) is 11.1. The molecule has 0 N–H and O–H groups in total. The molecule has 0 aliphatic carbocycles. The number of hydrogen-bond donors (Lipinski definition) is 0. The van der Waals surface area contributed by atoms with E-state index in [0.717, 1.165) is 11.1 Å². The summed E-state index contributed by atoms with van der Waals surface area (Å²) in [5, 5.41) is 0.605. The van der Waals surface area contributed by atoms with Crippen molar-refractivity contribution in [1.82, 2.24) is 0 Å². The van der Waals surface area contributed by atoms with Crippen molar-refractivity contribution in [2.75, 3.05) is 13.7 Å². The van der Waals surface area contributed by atoms with Crippen LogP contribution >= 0.6 is 11.6 Å². The molecule has 0 saturated carbocycles. The van der Waals surface area contributed by atoms with Gasteiger partial charge in [0.25, 0.3) is 0 Å². The summed E-state index contributed by atoms with van der Waals surface area (Å²) in [7, 11) is 1.58. The van der Waals surface area contributed by atoms with Crippen molar-refractivity contribution >= 4 is 17.6 Å². The number of carbonyl (C=O) groups is 1. The van der Waals surface area contributed by atoms with E-state index in [2.05, 4.69) is 0 Å². The Morgan fingerprint density at radius 3 is 2.71 bits per heavy atom.